The summed E-state index contributed by atoms with van der Waals surface area (Å²) in [6, 6.07) is 4.69. The first-order valence-electron chi connectivity index (χ1n) is 9.86. The number of carbonyl (C=O) groups is 1. The zero-order valence-corrected chi connectivity index (χ0v) is 19.2. The van der Waals surface area contributed by atoms with Crippen LogP contribution >= 0.6 is 23.1 Å². The van der Waals surface area contributed by atoms with E-state index < -0.39 is 17.6 Å². The first-order chi connectivity index (χ1) is 15.7. The van der Waals surface area contributed by atoms with Gasteiger partial charge in [-0.1, -0.05) is 23.1 Å². The summed E-state index contributed by atoms with van der Waals surface area (Å²) in [6.45, 7) is 3.04. The molecule has 7 nitrogen and oxygen atoms in total. The first kappa shape index (κ1) is 23.5. The molecule has 1 N–H and O–H groups in total. The predicted octanol–water partition coefficient (Wildman–Crippen LogP) is 5.07. The Bertz CT molecular complexity index is 1160. The highest BCUT2D eigenvalue weighted by Crippen LogP contribution is 2.39. The van der Waals surface area contributed by atoms with Crippen LogP contribution in [-0.4, -0.2) is 46.7 Å². The second-order valence-electron chi connectivity index (χ2n) is 7.21. The average molecular weight is 497 g/mol. The van der Waals surface area contributed by atoms with Crippen molar-refractivity contribution in [2.45, 2.75) is 29.1 Å². The summed E-state index contributed by atoms with van der Waals surface area (Å²) in [5.74, 6) is -0.357. The standard InChI is InChI=1S/C21H19F3N4O3S2/c1-11-7-14(15-8-12(21(22,23)24)3-4-17(15)30-2)16(9-25-11)18(29)26-19-27-28-20(33-19)32-13-5-6-31-10-13/h3-4,7-9,13H,5-6,10H2,1-2H3,(H,26,27,29). The lowest BCUT2D eigenvalue weighted by Crippen LogP contribution is -2.14. The zero-order valence-electron chi connectivity index (χ0n) is 17.6. The molecule has 0 spiro atoms. The predicted molar refractivity (Wildman–Crippen MR) is 119 cm³/mol. The second kappa shape index (κ2) is 9.65. The molecule has 4 rings (SSSR count). The van der Waals surface area contributed by atoms with Gasteiger partial charge >= 0.3 is 6.18 Å². The average Bonchev–Trinajstić information content (AvgIpc) is 3.45. The molecule has 1 saturated heterocycles. The number of hydrogen-bond donors (Lipinski definition) is 1. The van der Waals surface area contributed by atoms with E-state index in [-0.39, 0.29) is 27.6 Å². The van der Waals surface area contributed by atoms with Gasteiger partial charge in [-0.2, -0.15) is 13.2 Å². The van der Waals surface area contributed by atoms with Crippen molar-refractivity contribution in [2.24, 2.45) is 0 Å². The molecule has 33 heavy (non-hydrogen) atoms. The van der Waals surface area contributed by atoms with Gasteiger partial charge in [0.25, 0.3) is 5.91 Å². The van der Waals surface area contributed by atoms with E-state index in [1.807, 2.05) is 0 Å². The maximum Gasteiger partial charge on any atom is 0.416 e. The van der Waals surface area contributed by atoms with Gasteiger partial charge in [-0.05, 0) is 37.6 Å². The van der Waals surface area contributed by atoms with Gasteiger partial charge < -0.3 is 9.47 Å². The van der Waals surface area contributed by atoms with E-state index >= 15 is 0 Å². The summed E-state index contributed by atoms with van der Waals surface area (Å²) < 4.78 is 51.3. The van der Waals surface area contributed by atoms with Crippen molar-refractivity contribution in [3.63, 3.8) is 0 Å². The lowest BCUT2D eigenvalue weighted by Gasteiger charge is -2.15. The highest BCUT2D eigenvalue weighted by molar-refractivity contribution is 8.01. The molecule has 1 aliphatic heterocycles. The number of carbonyl (C=O) groups excluding carboxylic acids is 1. The maximum atomic E-state index is 13.3. The molecule has 1 unspecified atom stereocenters. The van der Waals surface area contributed by atoms with Crippen LogP contribution in [0.4, 0.5) is 18.3 Å². The Morgan fingerprint density at radius 3 is 2.79 bits per heavy atom. The number of nitrogens with zero attached hydrogens (tertiary/aromatic N) is 3. The number of pyridine rings is 1. The number of halogens is 3. The molecule has 1 aliphatic rings. The Morgan fingerprint density at radius 1 is 1.27 bits per heavy atom. The normalized spacial score (nSPS) is 16.1. The molecule has 1 fully saturated rings. The van der Waals surface area contributed by atoms with Crippen molar-refractivity contribution in [3.05, 3.63) is 47.3 Å². The van der Waals surface area contributed by atoms with E-state index in [0.717, 1.165) is 18.6 Å². The van der Waals surface area contributed by atoms with Gasteiger partial charge in [0.1, 0.15) is 5.75 Å². The zero-order chi connectivity index (χ0) is 23.6. The largest absolute Gasteiger partial charge is 0.496 e. The smallest absolute Gasteiger partial charge is 0.416 e. The molecule has 3 aromatic rings. The van der Waals surface area contributed by atoms with Crippen molar-refractivity contribution >= 4 is 34.1 Å². The molecule has 0 radical (unpaired) electrons. The van der Waals surface area contributed by atoms with Gasteiger partial charge in [-0.3, -0.25) is 15.1 Å². The number of aromatic nitrogens is 3. The van der Waals surface area contributed by atoms with Crippen molar-refractivity contribution < 1.29 is 27.4 Å². The summed E-state index contributed by atoms with van der Waals surface area (Å²) in [5.41, 5.74) is 0.185. The molecule has 3 heterocycles. The minimum absolute atomic E-state index is 0.0896. The van der Waals surface area contributed by atoms with Crippen LogP contribution in [0.5, 0.6) is 5.75 Å². The Labute approximate surface area is 195 Å². The summed E-state index contributed by atoms with van der Waals surface area (Å²) in [5, 5.41) is 11.3. The van der Waals surface area contributed by atoms with Crippen molar-refractivity contribution in [1.82, 2.24) is 15.2 Å². The molecule has 1 atom stereocenters. The molecule has 1 amide bonds. The lowest BCUT2D eigenvalue weighted by atomic mass is 9.97. The van der Waals surface area contributed by atoms with E-state index in [9.17, 15) is 18.0 Å². The lowest BCUT2D eigenvalue weighted by molar-refractivity contribution is -0.137. The number of anilines is 1. The summed E-state index contributed by atoms with van der Waals surface area (Å²) in [4.78, 5) is 17.2. The fourth-order valence-electron chi connectivity index (χ4n) is 3.28. The fraction of sp³-hybridized carbons (Fsp3) is 0.333. The monoisotopic (exact) mass is 496 g/mol. The maximum absolute atomic E-state index is 13.3. The molecular formula is C21H19F3N4O3S2. The quantitative estimate of drug-likeness (QED) is 0.477. The molecule has 12 heteroatoms. The third-order valence-electron chi connectivity index (χ3n) is 4.88. The van der Waals surface area contributed by atoms with Crippen molar-refractivity contribution in [3.8, 4) is 16.9 Å². The van der Waals surface area contributed by atoms with Crippen LogP contribution in [0.1, 0.15) is 28.0 Å². The molecule has 2 aromatic heterocycles. The van der Waals surface area contributed by atoms with E-state index in [1.165, 1.54) is 42.5 Å². The van der Waals surface area contributed by atoms with Crippen LogP contribution in [0, 0.1) is 6.92 Å². The van der Waals surface area contributed by atoms with Gasteiger partial charge in [-0.15, -0.1) is 10.2 Å². The molecular weight excluding hydrogens is 477 g/mol. The molecule has 0 bridgehead atoms. The SMILES string of the molecule is COc1ccc(C(F)(F)F)cc1-c1cc(C)ncc1C(=O)Nc1nnc(SC2CCOC2)s1. The summed E-state index contributed by atoms with van der Waals surface area (Å²) >= 11 is 2.76. The number of aryl methyl sites for hydroxylation is 1. The Kier molecular flexibility index (Phi) is 6.86. The number of alkyl halides is 3. The number of thioether (sulfide) groups is 1. The first-order valence-corrected chi connectivity index (χ1v) is 11.6. The van der Waals surface area contributed by atoms with Crippen LogP contribution in [0.15, 0.2) is 34.8 Å². The number of methoxy groups -OCH3 is 1. The number of amides is 1. The van der Waals surface area contributed by atoms with Crippen molar-refractivity contribution in [1.29, 1.82) is 0 Å². The van der Waals surface area contributed by atoms with Gasteiger partial charge in [-0.25, -0.2) is 0 Å². The van der Waals surface area contributed by atoms with Crippen LogP contribution in [-0.2, 0) is 10.9 Å². The summed E-state index contributed by atoms with van der Waals surface area (Å²) in [7, 11) is 1.36. The Hall–Kier alpha value is -2.70. The number of hydrogen-bond acceptors (Lipinski definition) is 8. The van der Waals surface area contributed by atoms with Crippen LogP contribution < -0.4 is 10.1 Å². The highest BCUT2D eigenvalue weighted by atomic mass is 32.2. The van der Waals surface area contributed by atoms with E-state index in [1.54, 1.807) is 13.0 Å². The Morgan fingerprint density at radius 2 is 2.09 bits per heavy atom. The second-order valence-corrected chi connectivity index (χ2v) is 9.74. The van der Waals surface area contributed by atoms with Gasteiger partial charge in [0.2, 0.25) is 5.13 Å². The fourth-order valence-corrected chi connectivity index (χ4v) is 5.34. The van der Waals surface area contributed by atoms with Gasteiger partial charge in [0, 0.05) is 34.9 Å². The van der Waals surface area contributed by atoms with Crippen molar-refractivity contribution in [2.75, 3.05) is 25.6 Å². The molecule has 0 saturated carbocycles. The number of benzene rings is 1. The van der Waals surface area contributed by atoms with Gasteiger partial charge in [0.05, 0.1) is 24.8 Å². The van der Waals surface area contributed by atoms with E-state index in [2.05, 4.69) is 20.5 Å². The third-order valence-corrected chi connectivity index (χ3v) is 7.05. The van der Waals surface area contributed by atoms with Crippen LogP contribution in [0.25, 0.3) is 11.1 Å². The highest BCUT2D eigenvalue weighted by Gasteiger charge is 2.32. The van der Waals surface area contributed by atoms with Gasteiger partial charge in [0.15, 0.2) is 4.34 Å². The molecule has 0 aliphatic carbocycles. The molecule has 174 valence electrons. The summed E-state index contributed by atoms with van der Waals surface area (Å²) in [6.07, 6.45) is -2.30. The number of nitrogens with one attached hydrogen (secondary N) is 1. The third kappa shape index (κ3) is 5.45. The number of rotatable bonds is 6. The van der Waals surface area contributed by atoms with E-state index in [4.69, 9.17) is 9.47 Å². The van der Waals surface area contributed by atoms with Crippen LogP contribution in [0.3, 0.4) is 0 Å². The van der Waals surface area contributed by atoms with E-state index in [0.29, 0.717) is 28.5 Å². The minimum Gasteiger partial charge on any atom is -0.496 e. The number of ether oxygens (including phenoxy) is 2. The Balaban J connectivity index is 1.64. The topological polar surface area (TPSA) is 86.2 Å². The molecule has 1 aromatic carbocycles. The minimum atomic E-state index is -4.55. The van der Waals surface area contributed by atoms with Crippen LogP contribution in [0.2, 0.25) is 0 Å².